The van der Waals surface area contributed by atoms with Crippen LogP contribution >= 0.6 is 0 Å². The first-order chi connectivity index (χ1) is 12.3. The summed E-state index contributed by atoms with van der Waals surface area (Å²) in [5.41, 5.74) is 0.835. The second-order valence-corrected chi connectivity index (χ2v) is 10.3. The van der Waals surface area contributed by atoms with Crippen molar-refractivity contribution < 1.29 is 17.9 Å². The number of pyridine rings is 1. The van der Waals surface area contributed by atoms with Crippen molar-refractivity contribution in [2.24, 2.45) is 11.8 Å². The largest absolute Gasteiger partial charge is 0.375 e. The van der Waals surface area contributed by atoms with Crippen LogP contribution < -0.4 is 0 Å². The number of likely N-dealkylation sites (tertiary alicyclic amines) is 1. The lowest BCUT2D eigenvalue weighted by Crippen LogP contribution is -2.68. The molecule has 6 nitrogen and oxygen atoms in total. The zero-order valence-electron chi connectivity index (χ0n) is 15.6. The lowest BCUT2D eigenvalue weighted by Gasteiger charge is -2.50. The van der Waals surface area contributed by atoms with E-state index in [1.807, 2.05) is 18.2 Å². The van der Waals surface area contributed by atoms with E-state index in [0.29, 0.717) is 45.1 Å². The Kier molecular flexibility index (Phi) is 5.67. The molecule has 3 heterocycles. The Labute approximate surface area is 155 Å². The van der Waals surface area contributed by atoms with Gasteiger partial charge in [0.25, 0.3) is 0 Å². The number of sulfone groups is 1. The number of hydrogen-bond acceptors (Lipinski definition) is 5. The van der Waals surface area contributed by atoms with E-state index in [2.05, 4.69) is 18.8 Å². The molecule has 2 fully saturated rings. The third-order valence-electron chi connectivity index (χ3n) is 5.60. The zero-order chi connectivity index (χ0) is 18.8. The fraction of sp³-hybridized carbons (Fsp3) is 0.684. The van der Waals surface area contributed by atoms with Crippen LogP contribution in [-0.4, -0.2) is 54.4 Å². The molecule has 7 heteroatoms. The number of carbonyl (C=O) groups is 1. The molecule has 0 aliphatic carbocycles. The van der Waals surface area contributed by atoms with E-state index in [1.54, 1.807) is 11.1 Å². The van der Waals surface area contributed by atoms with Crippen LogP contribution in [0.2, 0.25) is 0 Å². The van der Waals surface area contributed by atoms with Gasteiger partial charge in [0.15, 0.2) is 9.84 Å². The highest BCUT2D eigenvalue weighted by molar-refractivity contribution is 7.93. The summed E-state index contributed by atoms with van der Waals surface area (Å²) in [5.74, 6) is 0.681. The Hall–Kier alpha value is -1.47. The van der Waals surface area contributed by atoms with Crippen molar-refractivity contribution in [3.63, 3.8) is 0 Å². The van der Waals surface area contributed by atoms with Gasteiger partial charge in [-0.2, -0.15) is 0 Å². The van der Waals surface area contributed by atoms with Crippen LogP contribution in [0.25, 0.3) is 0 Å². The average molecular weight is 381 g/mol. The van der Waals surface area contributed by atoms with Crippen LogP contribution in [0.1, 0.15) is 38.8 Å². The van der Waals surface area contributed by atoms with Crippen molar-refractivity contribution in [3.05, 3.63) is 30.1 Å². The molecule has 0 aromatic carbocycles. The van der Waals surface area contributed by atoms with Crippen LogP contribution in [0.15, 0.2) is 24.4 Å². The van der Waals surface area contributed by atoms with Gasteiger partial charge in [-0.05, 0) is 30.9 Å². The third kappa shape index (κ3) is 3.78. The topological polar surface area (TPSA) is 76.6 Å². The van der Waals surface area contributed by atoms with Gasteiger partial charge < -0.3 is 9.64 Å². The third-order valence-corrected chi connectivity index (χ3v) is 8.20. The van der Waals surface area contributed by atoms with Gasteiger partial charge >= 0.3 is 0 Å². The van der Waals surface area contributed by atoms with Crippen molar-refractivity contribution in [3.8, 4) is 0 Å². The fourth-order valence-electron chi connectivity index (χ4n) is 3.84. The molecule has 26 heavy (non-hydrogen) atoms. The molecule has 1 amide bonds. The maximum absolute atomic E-state index is 12.6. The molecule has 1 atom stereocenters. The van der Waals surface area contributed by atoms with Crippen LogP contribution in [-0.2, 0) is 26.0 Å². The summed E-state index contributed by atoms with van der Waals surface area (Å²) in [5, 5.41) is 0. The van der Waals surface area contributed by atoms with Gasteiger partial charge in [0.1, 0.15) is 4.75 Å². The molecule has 1 aromatic heterocycles. The summed E-state index contributed by atoms with van der Waals surface area (Å²) in [6.07, 6.45) is 3.66. The van der Waals surface area contributed by atoms with E-state index >= 15 is 0 Å². The van der Waals surface area contributed by atoms with Crippen LogP contribution in [0.5, 0.6) is 0 Å². The molecular formula is C19H28N2O4S. The number of ether oxygens (including phenoxy) is 1. The number of aromatic nitrogens is 1. The monoisotopic (exact) mass is 380 g/mol. The molecule has 0 N–H and O–H groups in total. The number of rotatable bonds is 7. The predicted molar refractivity (Wildman–Crippen MR) is 99.2 cm³/mol. The molecule has 0 bridgehead atoms. The van der Waals surface area contributed by atoms with Crippen LogP contribution in [0, 0.1) is 11.8 Å². The molecule has 1 aromatic rings. The SMILES string of the molecule is CC(C)CCC(=O)N1CC2(C1)[C@H](COCc1ccccn1)CCS2(=O)=O. The Balaban J connectivity index is 1.57. The van der Waals surface area contributed by atoms with Gasteiger partial charge in [0.05, 0.1) is 24.7 Å². The predicted octanol–water partition coefficient (Wildman–Crippen LogP) is 2.05. The van der Waals surface area contributed by atoms with E-state index in [9.17, 15) is 13.2 Å². The second-order valence-electron chi connectivity index (χ2n) is 7.89. The van der Waals surface area contributed by atoms with Gasteiger partial charge in [-0.1, -0.05) is 19.9 Å². The normalized spacial score (nSPS) is 23.3. The molecule has 2 aliphatic heterocycles. The molecule has 0 saturated carbocycles. The van der Waals surface area contributed by atoms with E-state index < -0.39 is 14.6 Å². The molecule has 1 spiro atoms. The Morgan fingerprint density at radius 3 is 2.81 bits per heavy atom. The highest BCUT2D eigenvalue weighted by Crippen LogP contribution is 2.45. The maximum atomic E-state index is 12.6. The molecule has 144 valence electrons. The molecular weight excluding hydrogens is 352 g/mol. The summed E-state index contributed by atoms with van der Waals surface area (Å²) in [7, 11) is -3.18. The Bertz CT molecular complexity index is 727. The second kappa shape index (κ2) is 7.64. The summed E-state index contributed by atoms with van der Waals surface area (Å²) in [4.78, 5) is 18.2. The van der Waals surface area contributed by atoms with Gasteiger partial charge in [-0.15, -0.1) is 0 Å². The van der Waals surface area contributed by atoms with Crippen molar-refractivity contribution in [2.75, 3.05) is 25.4 Å². The number of nitrogens with zero attached hydrogens (tertiary/aromatic N) is 2. The van der Waals surface area contributed by atoms with Crippen molar-refractivity contribution >= 4 is 15.7 Å². The average Bonchev–Trinajstić information content (AvgIpc) is 2.83. The summed E-state index contributed by atoms with van der Waals surface area (Å²) >= 11 is 0. The smallest absolute Gasteiger partial charge is 0.222 e. The highest BCUT2D eigenvalue weighted by atomic mass is 32.2. The highest BCUT2D eigenvalue weighted by Gasteiger charge is 2.62. The van der Waals surface area contributed by atoms with Crippen LogP contribution in [0.3, 0.4) is 0 Å². The maximum Gasteiger partial charge on any atom is 0.222 e. The number of carbonyl (C=O) groups excluding carboxylic acids is 1. The lowest BCUT2D eigenvalue weighted by molar-refractivity contribution is -0.138. The van der Waals surface area contributed by atoms with E-state index in [4.69, 9.17) is 4.74 Å². The first-order valence-corrected chi connectivity index (χ1v) is 11.0. The minimum atomic E-state index is -3.18. The van der Waals surface area contributed by atoms with E-state index in [1.165, 1.54) is 0 Å². The first-order valence-electron chi connectivity index (χ1n) is 9.32. The minimum Gasteiger partial charge on any atom is -0.375 e. The van der Waals surface area contributed by atoms with Crippen molar-refractivity contribution in [1.29, 1.82) is 0 Å². The van der Waals surface area contributed by atoms with Gasteiger partial charge in [-0.25, -0.2) is 8.42 Å². The standard InChI is InChI=1S/C19H28N2O4S/c1-15(2)6-7-18(22)21-13-19(14-21)16(8-10-26(19,23)24)11-25-12-17-5-3-4-9-20-17/h3-5,9,15-16H,6-8,10-14H2,1-2H3/t16-/m0/s1. The van der Waals surface area contributed by atoms with E-state index in [-0.39, 0.29) is 17.6 Å². The molecule has 0 radical (unpaired) electrons. The van der Waals surface area contributed by atoms with E-state index in [0.717, 1.165) is 12.1 Å². The molecule has 2 aliphatic rings. The van der Waals surface area contributed by atoms with Gasteiger partial charge in [0, 0.05) is 31.6 Å². The molecule has 3 rings (SSSR count). The van der Waals surface area contributed by atoms with Crippen LogP contribution in [0.4, 0.5) is 0 Å². The number of hydrogen-bond donors (Lipinski definition) is 0. The van der Waals surface area contributed by atoms with Gasteiger partial charge in [-0.3, -0.25) is 9.78 Å². The lowest BCUT2D eigenvalue weighted by atomic mass is 9.83. The summed E-state index contributed by atoms with van der Waals surface area (Å²) in [6, 6.07) is 5.64. The Morgan fingerprint density at radius 2 is 2.15 bits per heavy atom. The van der Waals surface area contributed by atoms with Crippen molar-refractivity contribution in [2.45, 2.75) is 44.5 Å². The first kappa shape index (κ1) is 19.3. The molecule has 0 unspecified atom stereocenters. The van der Waals surface area contributed by atoms with Crippen molar-refractivity contribution in [1.82, 2.24) is 9.88 Å². The Morgan fingerprint density at radius 1 is 1.38 bits per heavy atom. The summed E-state index contributed by atoms with van der Waals surface area (Å²) in [6.45, 7) is 5.59. The number of amides is 1. The quantitative estimate of drug-likeness (QED) is 0.724. The minimum absolute atomic E-state index is 0.0506. The fourth-order valence-corrected chi connectivity index (χ4v) is 6.24. The molecule has 2 saturated heterocycles. The van der Waals surface area contributed by atoms with Gasteiger partial charge in [0.2, 0.25) is 5.91 Å². The summed E-state index contributed by atoms with van der Waals surface area (Å²) < 4.78 is 30.2. The zero-order valence-corrected chi connectivity index (χ0v) is 16.4.